The van der Waals surface area contributed by atoms with Crippen molar-refractivity contribution in [1.82, 2.24) is 5.32 Å². The summed E-state index contributed by atoms with van der Waals surface area (Å²) in [5.74, 6) is -0.417. The van der Waals surface area contributed by atoms with Crippen molar-refractivity contribution in [2.24, 2.45) is 0 Å². The standard InChI is InChI=1S/C13H11ClN2O2S/c1-8-7-9(14)4-5-10(8)15-13(18)16-12(17)11-3-2-6-19-11/h2-7H,1H3,(H2,15,16,17,18). The maximum atomic E-state index is 11.7. The quantitative estimate of drug-likeness (QED) is 0.888. The molecule has 1 aromatic heterocycles. The van der Waals surface area contributed by atoms with Crippen LogP contribution in [-0.2, 0) is 0 Å². The van der Waals surface area contributed by atoms with E-state index in [0.29, 0.717) is 15.6 Å². The number of halogens is 1. The summed E-state index contributed by atoms with van der Waals surface area (Å²) in [6.45, 7) is 1.82. The van der Waals surface area contributed by atoms with E-state index in [1.165, 1.54) is 11.3 Å². The minimum atomic E-state index is -0.566. The monoisotopic (exact) mass is 294 g/mol. The van der Waals surface area contributed by atoms with Gasteiger partial charge in [0.1, 0.15) is 0 Å². The minimum Gasteiger partial charge on any atom is -0.307 e. The SMILES string of the molecule is Cc1cc(Cl)ccc1NC(=O)NC(=O)c1cccs1. The van der Waals surface area contributed by atoms with Gasteiger partial charge in [-0.15, -0.1) is 11.3 Å². The Labute approximate surface area is 119 Å². The molecular formula is C13H11ClN2O2S. The maximum Gasteiger partial charge on any atom is 0.326 e. The summed E-state index contributed by atoms with van der Waals surface area (Å²) in [5, 5.41) is 7.24. The first-order valence-electron chi connectivity index (χ1n) is 5.48. The summed E-state index contributed by atoms with van der Waals surface area (Å²) in [6.07, 6.45) is 0. The Balaban J connectivity index is 2.00. The van der Waals surface area contributed by atoms with Crippen molar-refractivity contribution in [2.45, 2.75) is 6.92 Å². The zero-order chi connectivity index (χ0) is 13.8. The molecule has 0 radical (unpaired) electrons. The van der Waals surface area contributed by atoms with Crippen LogP contribution in [0.4, 0.5) is 10.5 Å². The Bertz CT molecular complexity index is 611. The van der Waals surface area contributed by atoms with Gasteiger partial charge >= 0.3 is 6.03 Å². The lowest BCUT2D eigenvalue weighted by molar-refractivity contribution is 0.0971. The van der Waals surface area contributed by atoms with Gasteiger partial charge in [-0.2, -0.15) is 0 Å². The first-order chi connectivity index (χ1) is 9.06. The minimum absolute atomic E-state index is 0.417. The molecule has 3 amide bonds. The van der Waals surface area contributed by atoms with Gasteiger partial charge in [0.25, 0.3) is 5.91 Å². The lowest BCUT2D eigenvalue weighted by Gasteiger charge is -2.08. The van der Waals surface area contributed by atoms with Crippen LogP contribution in [0.3, 0.4) is 0 Å². The second kappa shape index (κ2) is 5.86. The molecule has 0 saturated heterocycles. The molecule has 0 atom stereocenters. The zero-order valence-corrected chi connectivity index (χ0v) is 11.6. The molecule has 0 bridgehead atoms. The molecule has 0 aliphatic heterocycles. The van der Waals surface area contributed by atoms with E-state index in [4.69, 9.17) is 11.6 Å². The van der Waals surface area contributed by atoms with Crippen LogP contribution in [0.1, 0.15) is 15.2 Å². The van der Waals surface area contributed by atoms with Crippen LogP contribution in [0, 0.1) is 6.92 Å². The molecule has 1 aromatic carbocycles. The van der Waals surface area contributed by atoms with Crippen LogP contribution in [-0.4, -0.2) is 11.9 Å². The summed E-state index contributed by atoms with van der Waals surface area (Å²) in [6, 6.07) is 7.93. The number of hydrogen-bond donors (Lipinski definition) is 2. The third-order valence-electron chi connectivity index (χ3n) is 2.41. The van der Waals surface area contributed by atoms with Crippen molar-refractivity contribution < 1.29 is 9.59 Å². The summed E-state index contributed by atoms with van der Waals surface area (Å²) in [5.41, 5.74) is 1.44. The lowest BCUT2D eigenvalue weighted by atomic mass is 10.2. The fraction of sp³-hybridized carbons (Fsp3) is 0.0769. The van der Waals surface area contributed by atoms with Crippen molar-refractivity contribution in [3.8, 4) is 0 Å². The summed E-state index contributed by atoms with van der Waals surface area (Å²) >= 11 is 7.10. The summed E-state index contributed by atoms with van der Waals surface area (Å²) in [7, 11) is 0. The lowest BCUT2D eigenvalue weighted by Crippen LogP contribution is -2.34. The molecule has 0 saturated carbocycles. The number of urea groups is 1. The zero-order valence-electron chi connectivity index (χ0n) is 10.1. The first-order valence-corrected chi connectivity index (χ1v) is 6.74. The predicted octanol–water partition coefficient (Wildman–Crippen LogP) is 3.67. The molecule has 0 aliphatic carbocycles. The fourth-order valence-electron chi connectivity index (χ4n) is 1.49. The van der Waals surface area contributed by atoms with E-state index in [1.54, 1.807) is 35.7 Å². The van der Waals surface area contributed by atoms with Crippen LogP contribution in [0.2, 0.25) is 5.02 Å². The third-order valence-corrected chi connectivity index (χ3v) is 3.51. The molecule has 1 heterocycles. The van der Waals surface area contributed by atoms with Crippen molar-refractivity contribution in [3.63, 3.8) is 0 Å². The Morgan fingerprint density at radius 3 is 2.68 bits per heavy atom. The number of hydrogen-bond acceptors (Lipinski definition) is 3. The van der Waals surface area contributed by atoms with Gasteiger partial charge in [-0.1, -0.05) is 17.7 Å². The Morgan fingerprint density at radius 2 is 2.05 bits per heavy atom. The van der Waals surface area contributed by atoms with Gasteiger partial charge in [0.2, 0.25) is 0 Å². The number of benzene rings is 1. The first kappa shape index (κ1) is 13.6. The van der Waals surface area contributed by atoms with Gasteiger partial charge in [0.05, 0.1) is 4.88 Å². The highest BCUT2D eigenvalue weighted by molar-refractivity contribution is 7.12. The molecule has 0 fully saturated rings. The van der Waals surface area contributed by atoms with Crippen LogP contribution in [0.25, 0.3) is 0 Å². The number of rotatable bonds is 2. The largest absolute Gasteiger partial charge is 0.326 e. The van der Waals surface area contributed by atoms with Gasteiger partial charge in [-0.25, -0.2) is 4.79 Å². The number of carbonyl (C=O) groups is 2. The molecule has 2 N–H and O–H groups in total. The van der Waals surface area contributed by atoms with Crippen LogP contribution in [0.15, 0.2) is 35.7 Å². The molecule has 19 heavy (non-hydrogen) atoms. The average molecular weight is 295 g/mol. The van der Waals surface area contributed by atoms with E-state index < -0.39 is 11.9 Å². The van der Waals surface area contributed by atoms with E-state index >= 15 is 0 Å². The summed E-state index contributed by atoms with van der Waals surface area (Å²) < 4.78 is 0. The van der Waals surface area contributed by atoms with Crippen LogP contribution < -0.4 is 10.6 Å². The number of aryl methyl sites for hydroxylation is 1. The molecule has 2 rings (SSSR count). The molecule has 0 unspecified atom stereocenters. The molecule has 6 heteroatoms. The van der Waals surface area contributed by atoms with Crippen LogP contribution >= 0.6 is 22.9 Å². The topological polar surface area (TPSA) is 58.2 Å². The van der Waals surface area contributed by atoms with Gasteiger partial charge < -0.3 is 5.32 Å². The predicted molar refractivity (Wildman–Crippen MR) is 77.0 cm³/mol. The summed E-state index contributed by atoms with van der Waals surface area (Å²) in [4.78, 5) is 23.8. The second-order valence-corrected chi connectivity index (χ2v) is 5.23. The number of imide groups is 1. The molecular weight excluding hydrogens is 284 g/mol. The van der Waals surface area contributed by atoms with Gasteiger partial charge in [0.15, 0.2) is 0 Å². The van der Waals surface area contributed by atoms with E-state index in [1.807, 2.05) is 6.92 Å². The Hall–Kier alpha value is -1.85. The number of anilines is 1. The van der Waals surface area contributed by atoms with Crippen LogP contribution in [0.5, 0.6) is 0 Å². The van der Waals surface area contributed by atoms with Gasteiger partial charge in [-0.3, -0.25) is 10.1 Å². The van der Waals surface area contributed by atoms with E-state index in [-0.39, 0.29) is 0 Å². The highest BCUT2D eigenvalue weighted by Crippen LogP contribution is 2.19. The normalized spacial score (nSPS) is 10.0. The molecule has 4 nitrogen and oxygen atoms in total. The fourth-order valence-corrected chi connectivity index (χ4v) is 2.34. The van der Waals surface area contributed by atoms with E-state index in [9.17, 15) is 9.59 Å². The van der Waals surface area contributed by atoms with Gasteiger partial charge in [0, 0.05) is 10.7 Å². The van der Waals surface area contributed by atoms with Crippen molar-refractivity contribution in [2.75, 3.05) is 5.32 Å². The second-order valence-electron chi connectivity index (χ2n) is 3.84. The van der Waals surface area contributed by atoms with E-state index in [0.717, 1.165) is 5.56 Å². The maximum absolute atomic E-state index is 11.7. The van der Waals surface area contributed by atoms with Crippen molar-refractivity contribution in [3.05, 3.63) is 51.2 Å². The van der Waals surface area contributed by atoms with E-state index in [2.05, 4.69) is 10.6 Å². The molecule has 98 valence electrons. The smallest absolute Gasteiger partial charge is 0.307 e. The molecule has 2 aromatic rings. The van der Waals surface area contributed by atoms with Gasteiger partial charge in [-0.05, 0) is 42.1 Å². The number of thiophene rings is 1. The Morgan fingerprint density at radius 1 is 1.26 bits per heavy atom. The number of amides is 3. The number of nitrogens with one attached hydrogen (secondary N) is 2. The third kappa shape index (κ3) is 3.56. The highest BCUT2D eigenvalue weighted by Gasteiger charge is 2.11. The molecule has 0 spiro atoms. The molecule has 0 aliphatic rings. The number of carbonyl (C=O) groups excluding carboxylic acids is 2. The van der Waals surface area contributed by atoms with Crippen molar-refractivity contribution >= 4 is 40.6 Å². The highest BCUT2D eigenvalue weighted by atomic mass is 35.5. The average Bonchev–Trinajstić information content (AvgIpc) is 2.86. The van der Waals surface area contributed by atoms with Crippen molar-refractivity contribution in [1.29, 1.82) is 0 Å². The Kier molecular flexibility index (Phi) is 4.19.